The molecule has 0 unspecified atom stereocenters. The van der Waals surface area contributed by atoms with Crippen LogP contribution in [0, 0.1) is 6.92 Å². The first kappa shape index (κ1) is 30.2. The number of nitrogens with zero attached hydrogens (tertiary/aromatic N) is 5. The van der Waals surface area contributed by atoms with E-state index < -0.39 is 0 Å². The van der Waals surface area contributed by atoms with Crippen molar-refractivity contribution in [2.45, 2.75) is 6.92 Å². The monoisotopic (exact) mass is 653 g/mol. The Balaban J connectivity index is 1.05. The molecular formula is C46H31N5. The number of hydrogen-bond donors (Lipinski definition) is 0. The zero-order chi connectivity index (χ0) is 34.1. The van der Waals surface area contributed by atoms with E-state index in [0.717, 1.165) is 89.1 Å². The summed E-state index contributed by atoms with van der Waals surface area (Å²) in [7, 11) is 0. The van der Waals surface area contributed by atoms with Crippen LogP contribution in [0.15, 0.2) is 170 Å². The van der Waals surface area contributed by atoms with Gasteiger partial charge in [-0.05, 0) is 59.5 Å². The van der Waals surface area contributed by atoms with E-state index in [1.165, 1.54) is 0 Å². The number of aromatic nitrogens is 5. The van der Waals surface area contributed by atoms with Crippen molar-refractivity contribution in [3.05, 3.63) is 176 Å². The minimum absolute atomic E-state index is 0.674. The van der Waals surface area contributed by atoms with Crippen molar-refractivity contribution in [2.24, 2.45) is 0 Å². The Morgan fingerprint density at radius 1 is 0.373 bits per heavy atom. The van der Waals surface area contributed by atoms with E-state index in [-0.39, 0.29) is 0 Å². The number of fused-ring (bicyclic) bond motifs is 3. The molecule has 0 N–H and O–H groups in total. The molecule has 0 spiro atoms. The van der Waals surface area contributed by atoms with Crippen LogP contribution < -0.4 is 0 Å². The molecule has 9 rings (SSSR count). The second-order valence-corrected chi connectivity index (χ2v) is 12.6. The van der Waals surface area contributed by atoms with E-state index in [2.05, 4.69) is 121 Å². The lowest BCUT2D eigenvalue weighted by molar-refractivity contribution is 1.18. The first-order valence-electron chi connectivity index (χ1n) is 17.0. The molecule has 4 heterocycles. The van der Waals surface area contributed by atoms with Crippen molar-refractivity contribution in [1.82, 2.24) is 24.9 Å². The molecule has 0 amide bonds. The maximum absolute atomic E-state index is 5.10. The molecule has 5 aromatic carbocycles. The van der Waals surface area contributed by atoms with Crippen LogP contribution in [0.1, 0.15) is 5.69 Å². The van der Waals surface area contributed by atoms with Crippen molar-refractivity contribution >= 4 is 21.8 Å². The van der Waals surface area contributed by atoms with E-state index >= 15 is 0 Å². The minimum Gasteiger partial charge on any atom is -0.265 e. The fraction of sp³-hybridized carbons (Fsp3) is 0.0217. The molecule has 0 atom stereocenters. The zero-order valence-electron chi connectivity index (χ0n) is 27.9. The zero-order valence-corrected chi connectivity index (χ0v) is 27.9. The van der Waals surface area contributed by atoms with Crippen molar-refractivity contribution in [1.29, 1.82) is 0 Å². The second kappa shape index (κ2) is 12.9. The predicted octanol–water partition coefficient (Wildman–Crippen LogP) is 11.3. The summed E-state index contributed by atoms with van der Waals surface area (Å²) in [5, 5.41) is 2.17. The largest absolute Gasteiger partial charge is 0.265 e. The summed E-state index contributed by atoms with van der Waals surface area (Å²) < 4.78 is 0. The van der Waals surface area contributed by atoms with Gasteiger partial charge in [-0.3, -0.25) is 9.97 Å². The maximum Gasteiger partial charge on any atom is 0.160 e. The van der Waals surface area contributed by atoms with Crippen LogP contribution in [0.3, 0.4) is 0 Å². The lowest BCUT2D eigenvalue weighted by atomic mass is 9.96. The Hall–Kier alpha value is -6.85. The van der Waals surface area contributed by atoms with Crippen LogP contribution in [0.2, 0.25) is 0 Å². The number of hydrogen-bond acceptors (Lipinski definition) is 5. The van der Waals surface area contributed by atoms with E-state index in [9.17, 15) is 0 Å². The number of benzene rings is 5. The Bertz CT molecular complexity index is 2600. The first-order chi connectivity index (χ1) is 25.2. The fourth-order valence-corrected chi connectivity index (χ4v) is 6.67. The normalized spacial score (nSPS) is 11.2. The molecule has 51 heavy (non-hydrogen) atoms. The van der Waals surface area contributed by atoms with Gasteiger partial charge in [0.25, 0.3) is 0 Å². The molecule has 0 radical (unpaired) electrons. The van der Waals surface area contributed by atoms with Gasteiger partial charge in [0.2, 0.25) is 0 Å². The molecule has 5 heteroatoms. The van der Waals surface area contributed by atoms with Gasteiger partial charge < -0.3 is 0 Å². The van der Waals surface area contributed by atoms with Crippen LogP contribution in [-0.2, 0) is 0 Å². The van der Waals surface area contributed by atoms with Gasteiger partial charge in [-0.25, -0.2) is 15.0 Å². The molecule has 0 saturated heterocycles. The van der Waals surface area contributed by atoms with Crippen molar-refractivity contribution < 1.29 is 0 Å². The summed E-state index contributed by atoms with van der Waals surface area (Å²) in [5.74, 6) is 0.674. The molecule has 5 nitrogen and oxygen atoms in total. The maximum atomic E-state index is 5.10. The van der Waals surface area contributed by atoms with Crippen molar-refractivity contribution in [3.8, 4) is 67.4 Å². The summed E-state index contributed by atoms with van der Waals surface area (Å²) in [5.41, 5.74) is 14.2. The molecule has 0 aliphatic rings. The van der Waals surface area contributed by atoms with Crippen molar-refractivity contribution in [3.63, 3.8) is 0 Å². The highest BCUT2D eigenvalue weighted by Crippen LogP contribution is 2.35. The highest BCUT2D eigenvalue weighted by molar-refractivity contribution is 6.08. The molecule has 0 bridgehead atoms. The third-order valence-electron chi connectivity index (χ3n) is 9.28. The highest BCUT2D eigenvalue weighted by Gasteiger charge is 2.14. The lowest BCUT2D eigenvalue weighted by Gasteiger charge is -2.12. The molecular weight excluding hydrogens is 623 g/mol. The Kier molecular flexibility index (Phi) is 7.63. The average Bonchev–Trinajstić information content (AvgIpc) is 3.21. The van der Waals surface area contributed by atoms with Gasteiger partial charge in [0.15, 0.2) is 5.82 Å². The molecule has 0 saturated carbocycles. The summed E-state index contributed by atoms with van der Waals surface area (Å²) >= 11 is 0. The molecule has 0 aliphatic heterocycles. The van der Waals surface area contributed by atoms with Gasteiger partial charge in [-0.1, -0.05) is 127 Å². The van der Waals surface area contributed by atoms with Crippen LogP contribution in [0.5, 0.6) is 0 Å². The fourth-order valence-electron chi connectivity index (χ4n) is 6.67. The third kappa shape index (κ3) is 5.91. The lowest BCUT2D eigenvalue weighted by Crippen LogP contribution is -1.96. The molecule has 0 aliphatic carbocycles. The van der Waals surface area contributed by atoms with Crippen molar-refractivity contribution in [2.75, 3.05) is 0 Å². The SMILES string of the molecule is Cc1cc(-c2ccc(-c3ccc(-c4cc(-c5ccccc5)nc(-c5ccncc5)n4)cc3)cc2)c2ccc3ccc(-c4ccccc4)nc3c2n1. The average molecular weight is 654 g/mol. The summed E-state index contributed by atoms with van der Waals surface area (Å²) in [6.45, 7) is 2.05. The Labute approximate surface area is 296 Å². The molecule has 4 aromatic heterocycles. The van der Waals surface area contributed by atoms with E-state index in [1.807, 2.05) is 48.5 Å². The molecule has 240 valence electrons. The summed E-state index contributed by atoms with van der Waals surface area (Å²) in [6, 6.07) is 54.6. The second-order valence-electron chi connectivity index (χ2n) is 12.6. The third-order valence-corrected chi connectivity index (χ3v) is 9.28. The van der Waals surface area contributed by atoms with Gasteiger partial charge in [0.1, 0.15) is 0 Å². The number of aryl methyl sites for hydroxylation is 1. The van der Waals surface area contributed by atoms with E-state index in [0.29, 0.717) is 5.82 Å². The topological polar surface area (TPSA) is 64.5 Å². The highest BCUT2D eigenvalue weighted by atomic mass is 14.9. The molecule has 9 aromatic rings. The van der Waals surface area contributed by atoms with Gasteiger partial charge in [-0.2, -0.15) is 0 Å². The van der Waals surface area contributed by atoms with Gasteiger partial charge in [0.05, 0.1) is 28.1 Å². The molecule has 0 fully saturated rings. The Morgan fingerprint density at radius 3 is 1.57 bits per heavy atom. The van der Waals surface area contributed by atoms with Crippen LogP contribution >= 0.6 is 0 Å². The van der Waals surface area contributed by atoms with Crippen LogP contribution in [0.25, 0.3) is 89.2 Å². The summed E-state index contributed by atoms with van der Waals surface area (Å²) in [6.07, 6.45) is 3.54. The smallest absolute Gasteiger partial charge is 0.160 e. The van der Waals surface area contributed by atoms with Crippen LogP contribution in [0.4, 0.5) is 0 Å². The number of pyridine rings is 3. The van der Waals surface area contributed by atoms with Gasteiger partial charge in [-0.15, -0.1) is 0 Å². The van der Waals surface area contributed by atoms with Gasteiger partial charge >= 0.3 is 0 Å². The minimum atomic E-state index is 0.674. The standard InChI is InChI=1S/C46H31N5/c1-30-28-40(39-22-20-37-21-23-41(34-8-4-2-5-9-34)49-44(37)45(39)48-30)33-16-12-31(13-17-33)32-14-18-36(19-15-32)43-29-42(35-10-6-3-7-11-35)50-46(51-43)38-24-26-47-27-25-38/h2-29H,1H3. The quantitative estimate of drug-likeness (QED) is 0.167. The van der Waals surface area contributed by atoms with Crippen LogP contribution in [-0.4, -0.2) is 24.9 Å². The Morgan fingerprint density at radius 2 is 0.922 bits per heavy atom. The first-order valence-corrected chi connectivity index (χ1v) is 17.0. The summed E-state index contributed by atoms with van der Waals surface area (Å²) in [4.78, 5) is 24.1. The van der Waals surface area contributed by atoms with Gasteiger partial charge in [0, 0.05) is 51.1 Å². The predicted molar refractivity (Wildman–Crippen MR) is 208 cm³/mol. The van der Waals surface area contributed by atoms with E-state index in [1.54, 1.807) is 12.4 Å². The number of rotatable bonds is 6. The van der Waals surface area contributed by atoms with E-state index in [4.69, 9.17) is 19.9 Å².